The summed E-state index contributed by atoms with van der Waals surface area (Å²) in [4.78, 5) is 12.3. The van der Waals surface area contributed by atoms with E-state index < -0.39 is 0 Å². The molecule has 1 N–H and O–H groups in total. The summed E-state index contributed by atoms with van der Waals surface area (Å²) in [6.07, 6.45) is 8.76. The van der Waals surface area contributed by atoms with E-state index in [9.17, 15) is 9.90 Å². The van der Waals surface area contributed by atoms with Crippen LogP contribution in [0.2, 0.25) is 0 Å². The Bertz CT molecular complexity index is 610. The number of unbranched alkanes of at least 4 members (excludes halogenated alkanes) is 5. The van der Waals surface area contributed by atoms with E-state index >= 15 is 0 Å². The Labute approximate surface area is 179 Å². The number of benzene rings is 1. The molecule has 0 unspecified atom stereocenters. The lowest BCUT2D eigenvalue weighted by Gasteiger charge is -2.27. The van der Waals surface area contributed by atoms with E-state index in [1.807, 2.05) is 12.1 Å². The van der Waals surface area contributed by atoms with Crippen molar-refractivity contribution in [2.24, 2.45) is 5.92 Å². The molecule has 0 aromatic heterocycles. The van der Waals surface area contributed by atoms with Gasteiger partial charge in [-0.25, -0.2) is 0 Å². The van der Waals surface area contributed by atoms with Crippen molar-refractivity contribution in [2.45, 2.75) is 118 Å². The number of carbonyl (C=O) groups is 1. The van der Waals surface area contributed by atoms with Crippen LogP contribution in [0.4, 0.5) is 0 Å². The van der Waals surface area contributed by atoms with Crippen LogP contribution in [0.5, 0.6) is 11.5 Å². The lowest BCUT2D eigenvalue weighted by atomic mass is 9.79. The van der Waals surface area contributed by atoms with Gasteiger partial charge >= 0.3 is 5.97 Å². The molecule has 0 atom stereocenters. The van der Waals surface area contributed by atoms with Gasteiger partial charge in [-0.15, -0.1) is 0 Å². The normalized spacial score (nSPS) is 12.4. The van der Waals surface area contributed by atoms with Gasteiger partial charge in [0.05, 0.1) is 0 Å². The predicted octanol–water partition coefficient (Wildman–Crippen LogP) is 7.67. The molecule has 0 aliphatic rings. The van der Waals surface area contributed by atoms with Crippen LogP contribution in [0.25, 0.3) is 0 Å². The second-order valence-electron chi connectivity index (χ2n) is 10.9. The van der Waals surface area contributed by atoms with Gasteiger partial charge in [0.15, 0.2) is 0 Å². The third-order valence-corrected chi connectivity index (χ3v) is 5.34. The Kier molecular flexibility index (Phi) is 9.71. The van der Waals surface area contributed by atoms with E-state index in [2.05, 4.69) is 55.4 Å². The fourth-order valence-corrected chi connectivity index (χ4v) is 3.52. The monoisotopic (exact) mass is 404 g/mol. The molecule has 0 fully saturated rings. The lowest BCUT2D eigenvalue weighted by molar-refractivity contribution is -0.134. The van der Waals surface area contributed by atoms with E-state index in [1.54, 1.807) is 0 Å². The average molecular weight is 405 g/mol. The van der Waals surface area contributed by atoms with Crippen molar-refractivity contribution in [1.82, 2.24) is 0 Å². The Morgan fingerprint density at radius 1 is 0.862 bits per heavy atom. The molecular formula is C26H44O3. The van der Waals surface area contributed by atoms with Crippen molar-refractivity contribution in [3.8, 4) is 11.5 Å². The largest absolute Gasteiger partial charge is 0.507 e. The number of aromatic hydroxyl groups is 1. The van der Waals surface area contributed by atoms with Crippen LogP contribution < -0.4 is 4.74 Å². The molecular weight excluding hydrogens is 360 g/mol. The van der Waals surface area contributed by atoms with Crippen molar-refractivity contribution in [3.63, 3.8) is 0 Å². The molecule has 0 saturated carbocycles. The van der Waals surface area contributed by atoms with Crippen LogP contribution in [-0.4, -0.2) is 11.1 Å². The fraction of sp³-hybridized carbons (Fsp3) is 0.731. The summed E-state index contributed by atoms with van der Waals surface area (Å²) in [5, 5.41) is 10.8. The zero-order chi connectivity index (χ0) is 22.2. The van der Waals surface area contributed by atoms with Crippen molar-refractivity contribution in [3.05, 3.63) is 23.3 Å². The first kappa shape index (κ1) is 25.5. The third-order valence-electron chi connectivity index (χ3n) is 5.34. The second-order valence-corrected chi connectivity index (χ2v) is 10.9. The van der Waals surface area contributed by atoms with Gasteiger partial charge < -0.3 is 9.84 Å². The number of hydrogen-bond donors (Lipinski definition) is 1. The highest BCUT2D eigenvalue weighted by atomic mass is 16.5. The number of carbonyl (C=O) groups excluding carboxylic acids is 1. The van der Waals surface area contributed by atoms with Crippen molar-refractivity contribution >= 4 is 5.97 Å². The van der Waals surface area contributed by atoms with Gasteiger partial charge in [0.1, 0.15) is 11.5 Å². The highest BCUT2D eigenvalue weighted by Gasteiger charge is 2.27. The average Bonchev–Trinajstić information content (AvgIpc) is 2.56. The maximum Gasteiger partial charge on any atom is 0.311 e. The van der Waals surface area contributed by atoms with Crippen LogP contribution in [0.3, 0.4) is 0 Å². The number of rotatable bonds is 10. The van der Waals surface area contributed by atoms with Gasteiger partial charge in [-0.05, 0) is 35.3 Å². The molecule has 0 saturated heterocycles. The quantitative estimate of drug-likeness (QED) is 0.247. The first-order chi connectivity index (χ1) is 13.3. The first-order valence-corrected chi connectivity index (χ1v) is 11.4. The molecule has 0 amide bonds. The molecule has 0 heterocycles. The number of hydrogen-bond acceptors (Lipinski definition) is 3. The first-order valence-electron chi connectivity index (χ1n) is 11.4. The summed E-state index contributed by atoms with van der Waals surface area (Å²) in [5.41, 5.74) is 1.16. The minimum atomic E-state index is -0.234. The SMILES string of the molecule is CC(C)CCCCCCCCC(=O)Oc1cc(C(C)(C)C)c(O)c(C(C)(C)C)c1. The Morgan fingerprint density at radius 2 is 1.31 bits per heavy atom. The molecule has 166 valence electrons. The van der Waals surface area contributed by atoms with E-state index in [4.69, 9.17) is 4.74 Å². The van der Waals surface area contributed by atoms with E-state index in [0.29, 0.717) is 17.9 Å². The maximum atomic E-state index is 12.3. The minimum Gasteiger partial charge on any atom is -0.507 e. The third kappa shape index (κ3) is 9.23. The zero-order valence-corrected chi connectivity index (χ0v) is 20.2. The van der Waals surface area contributed by atoms with Gasteiger partial charge in [0.2, 0.25) is 0 Å². The number of phenolic OH excluding ortho intramolecular Hbond substituents is 1. The topological polar surface area (TPSA) is 46.5 Å². The molecule has 0 bridgehead atoms. The lowest BCUT2D eigenvalue weighted by Crippen LogP contribution is -2.18. The van der Waals surface area contributed by atoms with Crippen LogP contribution in [-0.2, 0) is 15.6 Å². The summed E-state index contributed by atoms with van der Waals surface area (Å²) < 4.78 is 5.66. The molecule has 0 spiro atoms. The van der Waals surface area contributed by atoms with E-state index in [-0.39, 0.29) is 16.8 Å². The van der Waals surface area contributed by atoms with E-state index in [0.717, 1.165) is 29.9 Å². The molecule has 29 heavy (non-hydrogen) atoms. The Morgan fingerprint density at radius 3 is 1.76 bits per heavy atom. The smallest absolute Gasteiger partial charge is 0.311 e. The van der Waals surface area contributed by atoms with Crippen molar-refractivity contribution < 1.29 is 14.6 Å². The highest BCUT2D eigenvalue weighted by molar-refractivity contribution is 5.72. The van der Waals surface area contributed by atoms with Crippen molar-refractivity contribution in [1.29, 1.82) is 0 Å². The summed E-state index contributed by atoms with van der Waals surface area (Å²) >= 11 is 0. The highest BCUT2D eigenvalue weighted by Crippen LogP contribution is 2.41. The van der Waals surface area contributed by atoms with E-state index in [1.165, 1.54) is 32.1 Å². The van der Waals surface area contributed by atoms with Gasteiger partial charge in [0, 0.05) is 17.5 Å². The van der Waals surface area contributed by atoms with Gasteiger partial charge in [-0.3, -0.25) is 4.79 Å². The summed E-state index contributed by atoms with van der Waals surface area (Å²) in [6, 6.07) is 3.63. The van der Waals surface area contributed by atoms with Crippen LogP contribution in [0.15, 0.2) is 12.1 Å². The molecule has 3 nitrogen and oxygen atoms in total. The predicted molar refractivity (Wildman–Crippen MR) is 123 cm³/mol. The van der Waals surface area contributed by atoms with Gasteiger partial charge in [-0.2, -0.15) is 0 Å². The number of esters is 1. The molecule has 0 aliphatic heterocycles. The Balaban J connectivity index is 2.61. The molecule has 0 aliphatic carbocycles. The maximum absolute atomic E-state index is 12.3. The van der Waals surface area contributed by atoms with Gasteiger partial charge in [0.25, 0.3) is 0 Å². The molecule has 1 aromatic carbocycles. The Hall–Kier alpha value is -1.51. The summed E-state index contributed by atoms with van der Waals surface area (Å²) in [5.74, 6) is 1.45. The standard InChI is InChI=1S/C26H44O3/c1-19(2)15-13-11-9-10-12-14-16-23(27)29-20-17-21(25(3,4)5)24(28)22(18-20)26(6,7)8/h17-19,28H,9-16H2,1-8H3. The number of ether oxygens (including phenoxy) is 1. The summed E-state index contributed by atoms with van der Waals surface area (Å²) in [7, 11) is 0. The van der Waals surface area contributed by atoms with Gasteiger partial charge in [-0.1, -0.05) is 93.9 Å². The van der Waals surface area contributed by atoms with Crippen LogP contribution in [0, 0.1) is 5.92 Å². The zero-order valence-electron chi connectivity index (χ0n) is 20.2. The minimum absolute atomic E-state index is 0.185. The van der Waals surface area contributed by atoms with Crippen LogP contribution >= 0.6 is 0 Å². The van der Waals surface area contributed by atoms with Crippen molar-refractivity contribution in [2.75, 3.05) is 0 Å². The molecule has 1 rings (SSSR count). The molecule has 3 heteroatoms. The fourth-order valence-electron chi connectivity index (χ4n) is 3.52. The second kappa shape index (κ2) is 11.0. The number of phenols is 1. The molecule has 1 aromatic rings. The van der Waals surface area contributed by atoms with Crippen LogP contribution in [0.1, 0.15) is 118 Å². The summed E-state index contributed by atoms with van der Waals surface area (Å²) in [6.45, 7) is 16.9. The molecule has 0 radical (unpaired) electrons.